The highest BCUT2D eigenvalue weighted by molar-refractivity contribution is 5.85. The molecule has 1 aromatic heterocycles. The van der Waals surface area contributed by atoms with Crippen molar-refractivity contribution in [3.8, 4) is 22.6 Å². The van der Waals surface area contributed by atoms with Crippen molar-refractivity contribution in [2.75, 3.05) is 0 Å². The van der Waals surface area contributed by atoms with Crippen molar-refractivity contribution in [1.29, 1.82) is 0 Å². The van der Waals surface area contributed by atoms with E-state index in [2.05, 4.69) is 55.2 Å². The van der Waals surface area contributed by atoms with E-state index in [4.69, 9.17) is 10.7 Å². The molecule has 0 aliphatic rings. The zero-order valence-electron chi connectivity index (χ0n) is 13.3. The molecular formula is C19H20ClN3. The summed E-state index contributed by atoms with van der Waals surface area (Å²) in [6.45, 7) is 4.55. The molecule has 0 atom stereocenters. The van der Waals surface area contributed by atoms with Crippen molar-refractivity contribution in [2.24, 2.45) is 5.73 Å². The Hall–Kier alpha value is -2.23. The quantitative estimate of drug-likeness (QED) is 0.780. The van der Waals surface area contributed by atoms with Crippen LogP contribution in [0.2, 0.25) is 0 Å². The minimum absolute atomic E-state index is 0. The van der Waals surface area contributed by atoms with E-state index in [1.54, 1.807) is 0 Å². The Morgan fingerprint density at radius 1 is 0.783 bits per heavy atom. The zero-order valence-corrected chi connectivity index (χ0v) is 14.1. The van der Waals surface area contributed by atoms with Crippen LogP contribution in [-0.2, 0) is 6.54 Å². The summed E-state index contributed by atoms with van der Waals surface area (Å²) in [5.41, 5.74) is 12.1. The smallest absolute Gasteiger partial charge is 0.160 e. The molecule has 1 heterocycles. The van der Waals surface area contributed by atoms with Gasteiger partial charge in [-0.15, -0.1) is 12.4 Å². The lowest BCUT2D eigenvalue weighted by Gasteiger charge is -2.08. The van der Waals surface area contributed by atoms with Crippen molar-refractivity contribution < 1.29 is 0 Å². The summed E-state index contributed by atoms with van der Waals surface area (Å²) >= 11 is 0. The lowest BCUT2D eigenvalue weighted by atomic mass is 10.1. The topological polar surface area (TPSA) is 51.8 Å². The lowest BCUT2D eigenvalue weighted by molar-refractivity contribution is 0.972. The first-order chi connectivity index (χ1) is 10.7. The molecule has 0 aliphatic heterocycles. The molecule has 0 spiro atoms. The Balaban J connectivity index is 0.00000192. The van der Waals surface area contributed by atoms with Crippen molar-refractivity contribution in [2.45, 2.75) is 20.4 Å². The molecule has 0 radical (unpaired) electrons. The Bertz CT molecular complexity index is 717. The maximum atomic E-state index is 5.80. The number of hydrogen-bond acceptors (Lipinski definition) is 3. The van der Waals surface area contributed by atoms with Crippen LogP contribution in [0.5, 0.6) is 0 Å². The summed E-state index contributed by atoms with van der Waals surface area (Å²) in [5.74, 6) is 0.721. The second kappa shape index (κ2) is 7.36. The molecule has 4 heteroatoms. The van der Waals surface area contributed by atoms with Crippen molar-refractivity contribution in [1.82, 2.24) is 9.97 Å². The summed E-state index contributed by atoms with van der Waals surface area (Å²) < 4.78 is 0. The van der Waals surface area contributed by atoms with Crippen LogP contribution in [0.15, 0.2) is 54.6 Å². The highest BCUT2D eigenvalue weighted by Crippen LogP contribution is 2.23. The second-order valence-electron chi connectivity index (χ2n) is 5.50. The zero-order chi connectivity index (χ0) is 15.5. The van der Waals surface area contributed by atoms with E-state index in [1.165, 1.54) is 11.1 Å². The maximum absolute atomic E-state index is 5.80. The van der Waals surface area contributed by atoms with Crippen LogP contribution in [0.1, 0.15) is 16.8 Å². The molecule has 2 aromatic carbocycles. The molecular weight excluding hydrogens is 306 g/mol. The third-order valence-electron chi connectivity index (χ3n) is 3.65. The van der Waals surface area contributed by atoms with E-state index >= 15 is 0 Å². The first-order valence-electron chi connectivity index (χ1n) is 7.38. The molecule has 118 valence electrons. The van der Waals surface area contributed by atoms with Crippen LogP contribution < -0.4 is 5.73 Å². The Kier molecular flexibility index (Phi) is 5.48. The normalized spacial score (nSPS) is 10.2. The lowest BCUT2D eigenvalue weighted by Crippen LogP contribution is -2.03. The van der Waals surface area contributed by atoms with Crippen molar-refractivity contribution in [3.05, 3.63) is 71.4 Å². The van der Waals surface area contributed by atoms with Gasteiger partial charge >= 0.3 is 0 Å². The molecule has 23 heavy (non-hydrogen) atoms. The molecule has 0 saturated carbocycles. The van der Waals surface area contributed by atoms with Gasteiger partial charge in [0.2, 0.25) is 0 Å². The van der Waals surface area contributed by atoms with Crippen LogP contribution in [0.4, 0.5) is 0 Å². The molecule has 3 nitrogen and oxygen atoms in total. The minimum atomic E-state index is 0. The first kappa shape index (κ1) is 17.1. The van der Waals surface area contributed by atoms with Gasteiger partial charge in [0.15, 0.2) is 5.82 Å². The predicted octanol–water partition coefficient (Wildman–Crippen LogP) is 4.31. The van der Waals surface area contributed by atoms with E-state index in [0.717, 1.165) is 28.3 Å². The number of aromatic nitrogens is 2. The van der Waals surface area contributed by atoms with E-state index < -0.39 is 0 Å². The van der Waals surface area contributed by atoms with Gasteiger partial charge in [-0.1, -0.05) is 59.7 Å². The minimum Gasteiger partial charge on any atom is -0.325 e. The van der Waals surface area contributed by atoms with Gasteiger partial charge in [0.25, 0.3) is 0 Å². The summed E-state index contributed by atoms with van der Waals surface area (Å²) in [5, 5.41) is 0. The molecule has 0 unspecified atom stereocenters. The van der Waals surface area contributed by atoms with Crippen LogP contribution in [0, 0.1) is 13.8 Å². The van der Waals surface area contributed by atoms with Gasteiger partial charge in [-0.05, 0) is 19.9 Å². The number of benzene rings is 2. The van der Waals surface area contributed by atoms with Crippen LogP contribution in [-0.4, -0.2) is 9.97 Å². The van der Waals surface area contributed by atoms with Crippen LogP contribution >= 0.6 is 12.4 Å². The fourth-order valence-corrected chi connectivity index (χ4v) is 2.31. The van der Waals surface area contributed by atoms with Crippen molar-refractivity contribution >= 4 is 12.4 Å². The highest BCUT2D eigenvalue weighted by atomic mass is 35.5. The number of nitrogens with two attached hydrogens (primary N) is 1. The molecule has 0 amide bonds. The predicted molar refractivity (Wildman–Crippen MR) is 97.5 cm³/mol. The number of rotatable bonds is 3. The molecule has 0 aliphatic carbocycles. The number of aryl methyl sites for hydroxylation is 2. The van der Waals surface area contributed by atoms with E-state index in [0.29, 0.717) is 6.54 Å². The summed E-state index contributed by atoms with van der Waals surface area (Å²) in [4.78, 5) is 9.27. The largest absolute Gasteiger partial charge is 0.325 e. The summed E-state index contributed by atoms with van der Waals surface area (Å²) in [7, 11) is 0. The maximum Gasteiger partial charge on any atom is 0.160 e. The highest BCUT2D eigenvalue weighted by Gasteiger charge is 2.08. The Morgan fingerprint density at radius 3 is 1.83 bits per heavy atom. The van der Waals surface area contributed by atoms with Gasteiger partial charge in [0.1, 0.15) is 0 Å². The second-order valence-corrected chi connectivity index (χ2v) is 5.50. The monoisotopic (exact) mass is 325 g/mol. The molecule has 2 N–H and O–H groups in total. The average molecular weight is 326 g/mol. The standard InChI is InChI=1S/C19H19N3.ClH/c1-13-3-7-15(8-4-13)18-11-17(12-20)21-19(22-18)16-9-5-14(2)6-10-16;/h3-11H,12,20H2,1-2H3;1H. The van der Waals surface area contributed by atoms with Crippen LogP contribution in [0.25, 0.3) is 22.6 Å². The third-order valence-corrected chi connectivity index (χ3v) is 3.65. The third kappa shape index (κ3) is 3.95. The molecule has 0 bridgehead atoms. The number of halogens is 1. The van der Waals surface area contributed by atoms with Crippen molar-refractivity contribution in [3.63, 3.8) is 0 Å². The fourth-order valence-electron chi connectivity index (χ4n) is 2.31. The first-order valence-corrected chi connectivity index (χ1v) is 7.38. The Morgan fingerprint density at radius 2 is 1.30 bits per heavy atom. The molecule has 0 saturated heterocycles. The van der Waals surface area contributed by atoms with Gasteiger partial charge in [0.05, 0.1) is 11.4 Å². The number of hydrogen-bond donors (Lipinski definition) is 1. The number of nitrogens with zero attached hydrogens (tertiary/aromatic N) is 2. The van der Waals surface area contributed by atoms with Gasteiger partial charge in [-0.2, -0.15) is 0 Å². The fraction of sp³-hybridized carbons (Fsp3) is 0.158. The Labute approximate surface area is 143 Å². The molecule has 3 rings (SSSR count). The average Bonchev–Trinajstić information content (AvgIpc) is 2.55. The summed E-state index contributed by atoms with van der Waals surface area (Å²) in [6.07, 6.45) is 0. The SMILES string of the molecule is Cc1ccc(-c2cc(CN)nc(-c3ccc(C)cc3)n2)cc1.Cl. The van der Waals surface area contributed by atoms with Gasteiger partial charge in [0, 0.05) is 17.7 Å². The molecule has 0 fully saturated rings. The van der Waals surface area contributed by atoms with E-state index in [-0.39, 0.29) is 12.4 Å². The van der Waals surface area contributed by atoms with Gasteiger partial charge in [-0.25, -0.2) is 9.97 Å². The van der Waals surface area contributed by atoms with Crippen LogP contribution in [0.3, 0.4) is 0 Å². The van der Waals surface area contributed by atoms with Gasteiger partial charge < -0.3 is 5.73 Å². The van der Waals surface area contributed by atoms with E-state index in [9.17, 15) is 0 Å². The van der Waals surface area contributed by atoms with E-state index in [1.807, 2.05) is 18.2 Å². The van der Waals surface area contributed by atoms with Gasteiger partial charge in [-0.3, -0.25) is 0 Å². The summed E-state index contributed by atoms with van der Waals surface area (Å²) in [6, 6.07) is 18.5. The molecule has 3 aromatic rings.